The Morgan fingerprint density at radius 1 is 1.03 bits per heavy atom. The molecule has 1 aromatic carbocycles. The summed E-state index contributed by atoms with van der Waals surface area (Å²) < 4.78 is 2.08. The Morgan fingerprint density at radius 3 is 2.51 bits per heavy atom. The first-order chi connectivity index (χ1) is 17.0. The second-order valence-electron chi connectivity index (χ2n) is 9.47. The first kappa shape index (κ1) is 23.6. The Morgan fingerprint density at radius 2 is 1.83 bits per heavy atom. The van der Waals surface area contributed by atoms with Crippen molar-refractivity contribution in [2.24, 2.45) is 5.92 Å². The zero-order valence-corrected chi connectivity index (χ0v) is 20.4. The van der Waals surface area contributed by atoms with Crippen molar-refractivity contribution in [1.29, 1.82) is 0 Å². The van der Waals surface area contributed by atoms with E-state index in [1.165, 1.54) is 5.56 Å². The third kappa shape index (κ3) is 5.11. The van der Waals surface area contributed by atoms with Crippen molar-refractivity contribution in [1.82, 2.24) is 25.1 Å². The minimum atomic E-state index is -0.814. The number of carbonyl (C=O) groups excluding carboxylic acids is 2. The van der Waals surface area contributed by atoms with Crippen LogP contribution in [0.5, 0.6) is 0 Å². The van der Waals surface area contributed by atoms with E-state index in [0.717, 1.165) is 56.8 Å². The molecule has 0 aliphatic carbocycles. The lowest BCUT2D eigenvalue weighted by atomic mass is 9.74. The summed E-state index contributed by atoms with van der Waals surface area (Å²) in [4.78, 5) is 32.0. The van der Waals surface area contributed by atoms with Gasteiger partial charge in [0.2, 0.25) is 0 Å². The van der Waals surface area contributed by atoms with Crippen LogP contribution in [-0.4, -0.2) is 45.0 Å². The maximum absolute atomic E-state index is 13.0. The number of likely N-dealkylation sites (tertiary alicyclic amines) is 1. The van der Waals surface area contributed by atoms with Gasteiger partial charge in [0.05, 0.1) is 5.02 Å². The van der Waals surface area contributed by atoms with Crippen molar-refractivity contribution in [2.75, 3.05) is 13.1 Å². The number of benzene rings is 1. The molecule has 3 amide bonds. The molecule has 1 unspecified atom stereocenters. The second kappa shape index (κ2) is 10.2. The van der Waals surface area contributed by atoms with E-state index in [4.69, 9.17) is 11.6 Å². The summed E-state index contributed by atoms with van der Waals surface area (Å²) in [6.07, 6.45) is 7.77. The van der Waals surface area contributed by atoms with Crippen LogP contribution >= 0.6 is 11.6 Å². The van der Waals surface area contributed by atoms with Crippen LogP contribution in [0.1, 0.15) is 36.9 Å². The van der Waals surface area contributed by atoms with E-state index in [2.05, 4.69) is 43.3 Å². The Labute approximate surface area is 210 Å². The summed E-state index contributed by atoms with van der Waals surface area (Å²) >= 11 is 5.99. The van der Waals surface area contributed by atoms with Gasteiger partial charge in [-0.05, 0) is 80.9 Å². The van der Waals surface area contributed by atoms with Crippen molar-refractivity contribution < 1.29 is 9.59 Å². The molecule has 8 heteroatoms. The van der Waals surface area contributed by atoms with E-state index in [0.29, 0.717) is 11.4 Å². The van der Waals surface area contributed by atoms with Crippen LogP contribution in [0.25, 0.3) is 5.82 Å². The number of nitrogens with zero attached hydrogens (tertiary/aromatic N) is 3. The number of carbonyl (C=O) groups is 2. The third-order valence-electron chi connectivity index (χ3n) is 7.31. The molecule has 3 aromatic rings. The molecule has 4 heterocycles. The number of piperidine rings is 1. The summed E-state index contributed by atoms with van der Waals surface area (Å²) in [6.45, 7) is 2.53. The van der Waals surface area contributed by atoms with Crippen LogP contribution in [0.15, 0.2) is 67.0 Å². The number of nitrogens with one attached hydrogen (secondary N) is 2. The van der Waals surface area contributed by atoms with E-state index in [1.807, 2.05) is 42.6 Å². The molecular formula is C27H30ClN5O2. The molecule has 5 rings (SSSR count). The molecule has 7 nitrogen and oxygen atoms in total. The van der Waals surface area contributed by atoms with E-state index >= 15 is 0 Å². The maximum atomic E-state index is 13.0. The summed E-state index contributed by atoms with van der Waals surface area (Å²) in [5.41, 5.74) is 1.59. The van der Waals surface area contributed by atoms with Gasteiger partial charge in [-0.15, -0.1) is 0 Å². The molecule has 0 radical (unpaired) electrons. The lowest BCUT2D eigenvalue weighted by Gasteiger charge is -2.40. The Kier molecular flexibility index (Phi) is 6.88. The molecule has 2 saturated heterocycles. The number of pyridine rings is 1. The van der Waals surface area contributed by atoms with Gasteiger partial charge >= 0.3 is 6.03 Å². The molecule has 1 atom stereocenters. The lowest BCUT2D eigenvalue weighted by molar-refractivity contribution is -0.127. The predicted molar refractivity (Wildman–Crippen MR) is 135 cm³/mol. The minimum absolute atomic E-state index is 0.116. The summed E-state index contributed by atoms with van der Waals surface area (Å²) in [5.74, 6) is 0.786. The fourth-order valence-electron chi connectivity index (χ4n) is 5.48. The second-order valence-corrected chi connectivity index (χ2v) is 9.91. The molecule has 0 bridgehead atoms. The van der Waals surface area contributed by atoms with Gasteiger partial charge in [0.25, 0.3) is 5.91 Å². The fourth-order valence-corrected chi connectivity index (χ4v) is 5.59. The monoisotopic (exact) mass is 491 g/mol. The molecule has 0 saturated carbocycles. The zero-order valence-electron chi connectivity index (χ0n) is 19.6. The molecular weight excluding hydrogens is 462 g/mol. The van der Waals surface area contributed by atoms with Crippen molar-refractivity contribution in [3.63, 3.8) is 0 Å². The van der Waals surface area contributed by atoms with Crippen LogP contribution in [0, 0.1) is 5.92 Å². The summed E-state index contributed by atoms with van der Waals surface area (Å²) in [6, 6.07) is 17.8. The molecule has 2 fully saturated rings. The van der Waals surface area contributed by atoms with Gasteiger partial charge in [-0.3, -0.25) is 15.0 Å². The number of halogens is 1. The summed E-state index contributed by atoms with van der Waals surface area (Å²) in [5, 5.41) is 6.15. The molecule has 0 spiro atoms. The number of urea groups is 1. The molecule has 2 aliphatic heterocycles. The van der Waals surface area contributed by atoms with Crippen molar-refractivity contribution >= 4 is 23.5 Å². The SMILES string of the molecule is O=C1NC(=O)C(CCCc2ccccc2)(C2CCN(Cc3cccn3-c3ccc(Cl)cn3)CC2)N1. The number of imide groups is 1. The third-order valence-corrected chi connectivity index (χ3v) is 7.53. The van der Waals surface area contributed by atoms with Crippen LogP contribution in [-0.2, 0) is 17.8 Å². The van der Waals surface area contributed by atoms with Gasteiger partial charge < -0.3 is 9.88 Å². The zero-order chi connectivity index (χ0) is 24.3. The first-order valence-electron chi connectivity index (χ1n) is 12.2. The highest BCUT2D eigenvalue weighted by atomic mass is 35.5. The van der Waals surface area contributed by atoms with Crippen molar-refractivity contribution in [2.45, 2.75) is 44.2 Å². The Hall–Kier alpha value is -3.16. The molecule has 35 heavy (non-hydrogen) atoms. The van der Waals surface area contributed by atoms with Gasteiger partial charge in [-0.2, -0.15) is 0 Å². The maximum Gasteiger partial charge on any atom is 0.322 e. The van der Waals surface area contributed by atoms with Gasteiger partial charge in [0.15, 0.2) is 0 Å². The van der Waals surface area contributed by atoms with E-state index < -0.39 is 5.54 Å². The van der Waals surface area contributed by atoms with Crippen LogP contribution in [0.4, 0.5) is 4.79 Å². The van der Waals surface area contributed by atoms with Gasteiger partial charge in [-0.1, -0.05) is 41.9 Å². The largest absolute Gasteiger partial charge is 0.323 e. The normalized spacial score (nSPS) is 21.2. The minimum Gasteiger partial charge on any atom is -0.323 e. The summed E-state index contributed by atoms with van der Waals surface area (Å²) in [7, 11) is 0. The Balaban J connectivity index is 1.22. The fraction of sp³-hybridized carbons (Fsp3) is 0.370. The Bertz CT molecular complexity index is 1170. The highest BCUT2D eigenvalue weighted by Crippen LogP contribution is 2.35. The first-order valence-corrected chi connectivity index (χ1v) is 12.6. The molecule has 2 aliphatic rings. The highest BCUT2D eigenvalue weighted by Gasteiger charge is 2.51. The number of hydrogen-bond donors (Lipinski definition) is 2. The van der Waals surface area contributed by atoms with Crippen LogP contribution in [0.2, 0.25) is 5.02 Å². The number of rotatable bonds is 8. The van der Waals surface area contributed by atoms with Crippen LogP contribution < -0.4 is 10.6 Å². The van der Waals surface area contributed by atoms with Crippen molar-refractivity contribution in [3.05, 3.63) is 83.3 Å². The van der Waals surface area contributed by atoms with Crippen LogP contribution in [0.3, 0.4) is 0 Å². The van der Waals surface area contributed by atoms with Gasteiger partial charge in [0, 0.05) is 24.6 Å². The average molecular weight is 492 g/mol. The topological polar surface area (TPSA) is 79.3 Å². The number of amides is 3. The molecule has 2 N–H and O–H groups in total. The van der Waals surface area contributed by atoms with Gasteiger partial charge in [0.1, 0.15) is 11.4 Å². The van der Waals surface area contributed by atoms with E-state index in [-0.39, 0.29) is 17.9 Å². The molecule has 2 aromatic heterocycles. The highest BCUT2D eigenvalue weighted by molar-refractivity contribution is 6.30. The smallest absolute Gasteiger partial charge is 0.322 e. The number of aromatic nitrogens is 2. The average Bonchev–Trinajstić information content (AvgIpc) is 3.44. The lowest BCUT2D eigenvalue weighted by Crippen LogP contribution is -2.56. The van der Waals surface area contributed by atoms with Crippen molar-refractivity contribution in [3.8, 4) is 5.82 Å². The number of hydrogen-bond acceptors (Lipinski definition) is 4. The standard InChI is InChI=1S/C27H30ClN5O2/c28-22-10-11-24(29-18-22)33-15-5-9-23(33)19-32-16-12-21(13-17-32)27(25(34)30-26(35)31-27)14-4-8-20-6-2-1-3-7-20/h1-3,5-7,9-11,15,18,21H,4,8,12-14,16-17,19H2,(H2,30,31,34,35). The number of aryl methyl sites for hydroxylation is 1. The predicted octanol–water partition coefficient (Wildman–Crippen LogP) is 4.34. The molecule has 182 valence electrons. The van der Waals surface area contributed by atoms with E-state index in [9.17, 15) is 9.59 Å². The quantitative estimate of drug-likeness (QED) is 0.459. The van der Waals surface area contributed by atoms with Gasteiger partial charge in [-0.25, -0.2) is 9.78 Å². The van der Waals surface area contributed by atoms with E-state index in [1.54, 1.807) is 6.20 Å².